The van der Waals surface area contributed by atoms with Crippen molar-refractivity contribution >= 4 is 34.6 Å². The van der Waals surface area contributed by atoms with E-state index in [-0.39, 0.29) is 12.2 Å². The molecule has 7 nitrogen and oxygen atoms in total. The molecule has 0 radical (unpaired) electrons. The molecule has 10 heteroatoms. The first-order valence-corrected chi connectivity index (χ1v) is 7.20. The second kappa shape index (κ2) is 5.59. The third-order valence-electron chi connectivity index (χ3n) is 1.53. The number of thiol groups is 1. The van der Waals surface area contributed by atoms with Crippen molar-refractivity contribution in [2.24, 2.45) is 0 Å². The van der Waals surface area contributed by atoms with Gasteiger partial charge in [0.2, 0.25) is 8.38 Å². The topological polar surface area (TPSA) is 124 Å². The van der Waals surface area contributed by atoms with E-state index in [2.05, 4.69) is 17.4 Å². The highest BCUT2D eigenvalue weighted by molar-refractivity contribution is 7.80. The van der Waals surface area contributed by atoms with Gasteiger partial charge in [0.15, 0.2) is 0 Å². The zero-order valence-corrected chi connectivity index (χ0v) is 10.5. The summed E-state index contributed by atoms with van der Waals surface area (Å²) in [6.45, 7) is 0.774. The van der Waals surface area contributed by atoms with E-state index in [1.165, 1.54) is 0 Å². The van der Waals surface area contributed by atoms with E-state index >= 15 is 0 Å². The number of hydrogen-bond acceptors (Lipinski definition) is 6. The summed E-state index contributed by atoms with van der Waals surface area (Å²) in [5, 5.41) is -2.58. The minimum absolute atomic E-state index is 0.130. The lowest BCUT2D eigenvalue weighted by Crippen LogP contribution is -2.29. The van der Waals surface area contributed by atoms with Crippen molar-refractivity contribution < 1.29 is 33.7 Å². The lowest BCUT2D eigenvalue weighted by Gasteiger charge is -2.30. The maximum absolute atomic E-state index is 11.0. The van der Waals surface area contributed by atoms with Gasteiger partial charge in [0.25, 0.3) is 5.08 Å². The highest BCUT2D eigenvalue weighted by Gasteiger charge is 2.53. The van der Waals surface area contributed by atoms with Crippen LogP contribution in [0.5, 0.6) is 0 Å². The molecule has 0 aliphatic heterocycles. The van der Waals surface area contributed by atoms with Crippen LogP contribution in [0.25, 0.3) is 0 Å². The zero-order valence-electron chi connectivity index (χ0n) is 7.77. The third-order valence-corrected chi connectivity index (χ3v) is 5.08. The molecule has 0 amide bonds. The Hall–Kier alpha value is 0.320. The Morgan fingerprint density at radius 3 is 2.27 bits per heavy atom. The molecule has 0 saturated heterocycles. The molecule has 0 aromatic heterocycles. The smallest absolute Gasteiger partial charge is 0.377 e. The van der Waals surface area contributed by atoms with Crippen molar-refractivity contribution in [3.8, 4) is 0 Å². The van der Waals surface area contributed by atoms with Gasteiger partial charge in [-0.15, -0.1) is 0 Å². The number of hydrogen-bond donors (Lipinski definition) is 5. The summed E-state index contributed by atoms with van der Waals surface area (Å²) >= 11 is 3.72. The van der Waals surface area contributed by atoms with Crippen molar-refractivity contribution in [2.45, 2.75) is 18.4 Å². The Morgan fingerprint density at radius 2 is 2.00 bits per heavy atom. The molecule has 0 aromatic carbocycles. The van der Waals surface area contributed by atoms with E-state index in [1.54, 1.807) is 0 Å². The first-order chi connectivity index (χ1) is 6.65. The van der Waals surface area contributed by atoms with E-state index in [1.807, 2.05) is 0 Å². The van der Waals surface area contributed by atoms with Gasteiger partial charge in [-0.3, -0.25) is 9.36 Å². The maximum Gasteiger partial charge on any atom is 0.377 e. The summed E-state index contributed by atoms with van der Waals surface area (Å²) in [5.74, 6) is -0.823. The largest absolute Gasteiger partial charge is 0.436 e. The molecule has 0 heterocycles. The summed E-state index contributed by atoms with van der Waals surface area (Å²) in [6.07, 6.45) is -0.179. The van der Waals surface area contributed by atoms with Crippen LogP contribution in [-0.4, -0.2) is 36.4 Å². The van der Waals surface area contributed by atoms with Crippen LogP contribution < -0.4 is 0 Å². The van der Waals surface area contributed by atoms with Crippen LogP contribution >= 0.6 is 28.6 Å². The molecule has 1 unspecified atom stereocenters. The van der Waals surface area contributed by atoms with E-state index in [9.17, 15) is 9.36 Å². The second-order valence-corrected chi connectivity index (χ2v) is 6.89. The molecule has 0 bridgehead atoms. The van der Waals surface area contributed by atoms with Gasteiger partial charge in [0.05, 0.1) is 6.42 Å². The molecule has 0 fully saturated rings. The minimum Gasteiger partial charge on any atom is -0.436 e. The summed E-state index contributed by atoms with van der Waals surface area (Å²) < 4.78 is 15.3. The SMILES string of the molecule is CC(OC(=O)CCS)(P(O)O)P(=O)(O)O. The average molecular weight is 278 g/mol. The molecule has 0 spiro atoms. The van der Waals surface area contributed by atoms with Crippen LogP contribution in [0.4, 0.5) is 0 Å². The summed E-state index contributed by atoms with van der Waals surface area (Å²) in [5.41, 5.74) is 0. The summed E-state index contributed by atoms with van der Waals surface area (Å²) in [6, 6.07) is 0. The minimum atomic E-state index is -4.96. The van der Waals surface area contributed by atoms with Crippen LogP contribution in [0.2, 0.25) is 0 Å². The number of ether oxygens (including phenoxy) is 1. The molecule has 0 saturated carbocycles. The predicted octanol–water partition coefficient (Wildman–Crippen LogP) is -0.00260. The molecule has 90 valence electrons. The van der Waals surface area contributed by atoms with Crippen LogP contribution in [0.3, 0.4) is 0 Å². The highest BCUT2D eigenvalue weighted by atomic mass is 32.1. The van der Waals surface area contributed by atoms with Crippen molar-refractivity contribution in [3.63, 3.8) is 0 Å². The molecule has 0 rings (SSSR count). The van der Waals surface area contributed by atoms with Gasteiger partial charge in [-0.2, -0.15) is 12.6 Å². The Balaban J connectivity index is 4.84. The molecule has 0 aliphatic rings. The van der Waals surface area contributed by atoms with Crippen molar-refractivity contribution in [1.29, 1.82) is 0 Å². The second-order valence-electron chi connectivity index (χ2n) is 2.72. The standard InChI is InChI=1S/C5H12O7P2S/c1-5(13(7)8,14(9,10)11)12-4(6)2-3-15/h7-8,15H,2-3H2,1H3,(H2,9,10,11). The normalized spacial score (nSPS) is 16.2. The van der Waals surface area contributed by atoms with Gasteiger partial charge in [0.1, 0.15) is 0 Å². The number of carbonyl (C=O) groups excluding carboxylic acids is 1. The van der Waals surface area contributed by atoms with Crippen LogP contribution in [0.1, 0.15) is 13.3 Å². The Labute approximate surface area is 92.9 Å². The van der Waals surface area contributed by atoms with Gasteiger partial charge in [-0.25, -0.2) is 0 Å². The van der Waals surface area contributed by atoms with E-state index in [4.69, 9.17) is 19.6 Å². The fraction of sp³-hybridized carbons (Fsp3) is 0.800. The first kappa shape index (κ1) is 15.3. The zero-order chi connectivity index (χ0) is 12.3. The van der Waals surface area contributed by atoms with Crippen LogP contribution in [0, 0.1) is 0 Å². The molecule has 4 N–H and O–H groups in total. The highest BCUT2D eigenvalue weighted by Crippen LogP contribution is 2.65. The fourth-order valence-electron chi connectivity index (χ4n) is 0.575. The van der Waals surface area contributed by atoms with Gasteiger partial charge < -0.3 is 24.3 Å². The third kappa shape index (κ3) is 4.00. The summed E-state index contributed by atoms with van der Waals surface area (Å²) in [7, 11) is -8.07. The molecule has 15 heavy (non-hydrogen) atoms. The number of carbonyl (C=O) groups is 1. The predicted molar refractivity (Wildman–Crippen MR) is 56.4 cm³/mol. The van der Waals surface area contributed by atoms with Crippen LogP contribution in [-0.2, 0) is 14.1 Å². The molecule has 0 aliphatic carbocycles. The fourth-order valence-corrected chi connectivity index (χ4v) is 2.09. The Kier molecular flexibility index (Phi) is 5.71. The van der Waals surface area contributed by atoms with E-state index < -0.39 is 27.0 Å². The van der Waals surface area contributed by atoms with Gasteiger partial charge >= 0.3 is 13.6 Å². The molecule has 0 aromatic rings. The van der Waals surface area contributed by atoms with Gasteiger partial charge in [-0.05, 0) is 6.92 Å². The van der Waals surface area contributed by atoms with E-state index in [0.29, 0.717) is 0 Å². The lowest BCUT2D eigenvalue weighted by molar-refractivity contribution is -0.147. The van der Waals surface area contributed by atoms with E-state index in [0.717, 1.165) is 6.92 Å². The average Bonchev–Trinajstić information content (AvgIpc) is 2.01. The Bertz CT molecular complexity index is 277. The quantitative estimate of drug-likeness (QED) is 0.272. The van der Waals surface area contributed by atoms with Crippen molar-refractivity contribution in [1.82, 2.24) is 0 Å². The first-order valence-electron chi connectivity index (χ1n) is 3.71. The Morgan fingerprint density at radius 1 is 1.53 bits per heavy atom. The monoisotopic (exact) mass is 278 g/mol. The van der Waals surface area contributed by atoms with Crippen molar-refractivity contribution in [2.75, 3.05) is 5.75 Å². The lowest BCUT2D eigenvalue weighted by atomic mass is 10.5. The molecular weight excluding hydrogens is 266 g/mol. The van der Waals surface area contributed by atoms with Crippen molar-refractivity contribution in [3.05, 3.63) is 0 Å². The van der Waals surface area contributed by atoms with Gasteiger partial charge in [0, 0.05) is 5.75 Å². The molecular formula is C5H12O7P2S. The summed E-state index contributed by atoms with van der Waals surface area (Å²) in [4.78, 5) is 46.4. The molecule has 1 atom stereocenters. The maximum atomic E-state index is 11.0. The van der Waals surface area contributed by atoms with Gasteiger partial charge in [-0.1, -0.05) is 0 Å². The number of rotatable bonds is 5. The van der Waals surface area contributed by atoms with Crippen LogP contribution in [0.15, 0.2) is 0 Å². The number of esters is 1.